The quantitative estimate of drug-likeness (QED) is 0.517. The van der Waals surface area contributed by atoms with Gasteiger partial charge >= 0.3 is 6.18 Å². The summed E-state index contributed by atoms with van der Waals surface area (Å²) in [4.78, 5) is 0. The van der Waals surface area contributed by atoms with E-state index in [0.717, 1.165) is 12.1 Å². The average Bonchev–Trinajstić information content (AvgIpc) is 2.77. The third-order valence-corrected chi connectivity index (χ3v) is 2.88. The lowest BCUT2D eigenvalue weighted by Gasteiger charge is -2.17. The van der Waals surface area contributed by atoms with E-state index in [9.17, 15) is 17.6 Å². The second-order valence-corrected chi connectivity index (χ2v) is 4.33. The third kappa shape index (κ3) is 2.83. The van der Waals surface area contributed by atoms with Gasteiger partial charge in [-0.15, -0.1) is 0 Å². The summed E-state index contributed by atoms with van der Waals surface area (Å²) in [6, 6.07) is 3.69. The molecule has 20 heavy (non-hydrogen) atoms. The standard InChI is InChI=1S/C13H12F4N2O/c1-7-4-9(6-20-7)12(19-18)8-2-3-11(14)10(5-8)13(15,16)17/h2-6,12,19H,18H2,1H3. The molecule has 7 heteroatoms. The Kier molecular flexibility index (Phi) is 3.82. The highest BCUT2D eigenvalue weighted by atomic mass is 19.4. The molecule has 2 rings (SSSR count). The second-order valence-electron chi connectivity index (χ2n) is 4.33. The van der Waals surface area contributed by atoms with Crippen LogP contribution in [0.3, 0.4) is 0 Å². The van der Waals surface area contributed by atoms with Crippen LogP contribution in [0.5, 0.6) is 0 Å². The lowest BCUT2D eigenvalue weighted by Crippen LogP contribution is -2.29. The minimum absolute atomic E-state index is 0.196. The number of hydrogen-bond donors (Lipinski definition) is 2. The average molecular weight is 288 g/mol. The van der Waals surface area contributed by atoms with Gasteiger partial charge in [-0.1, -0.05) is 6.07 Å². The van der Waals surface area contributed by atoms with E-state index in [1.54, 1.807) is 13.0 Å². The van der Waals surface area contributed by atoms with Crippen molar-refractivity contribution in [2.75, 3.05) is 0 Å². The molecule has 0 aliphatic rings. The van der Waals surface area contributed by atoms with Crippen molar-refractivity contribution in [3.8, 4) is 0 Å². The van der Waals surface area contributed by atoms with Gasteiger partial charge in [-0.2, -0.15) is 13.2 Å². The fraction of sp³-hybridized carbons (Fsp3) is 0.231. The van der Waals surface area contributed by atoms with Crippen molar-refractivity contribution < 1.29 is 22.0 Å². The number of halogens is 4. The molecule has 0 saturated carbocycles. The summed E-state index contributed by atoms with van der Waals surface area (Å²) in [5.41, 5.74) is 1.83. The van der Waals surface area contributed by atoms with Crippen LogP contribution in [0.4, 0.5) is 17.6 Å². The van der Waals surface area contributed by atoms with Gasteiger partial charge in [0.2, 0.25) is 0 Å². The van der Waals surface area contributed by atoms with E-state index in [-0.39, 0.29) is 5.56 Å². The number of nitrogens with two attached hydrogens (primary N) is 1. The lowest BCUT2D eigenvalue weighted by atomic mass is 9.99. The number of furan rings is 1. The Hall–Kier alpha value is -1.86. The smallest absolute Gasteiger partial charge is 0.419 e. The largest absolute Gasteiger partial charge is 0.469 e. The van der Waals surface area contributed by atoms with Gasteiger partial charge in [-0.25, -0.2) is 9.82 Å². The highest BCUT2D eigenvalue weighted by molar-refractivity contribution is 5.35. The third-order valence-electron chi connectivity index (χ3n) is 2.88. The van der Waals surface area contributed by atoms with Crippen molar-refractivity contribution in [1.82, 2.24) is 5.43 Å². The Morgan fingerprint density at radius 1 is 1.20 bits per heavy atom. The first-order chi connectivity index (χ1) is 9.32. The molecule has 2 aromatic rings. The number of alkyl halides is 3. The molecule has 3 N–H and O–H groups in total. The summed E-state index contributed by atoms with van der Waals surface area (Å²) in [6.45, 7) is 1.70. The van der Waals surface area contributed by atoms with Gasteiger partial charge < -0.3 is 4.42 Å². The Morgan fingerprint density at radius 3 is 2.40 bits per heavy atom. The Morgan fingerprint density at radius 2 is 1.90 bits per heavy atom. The van der Waals surface area contributed by atoms with Gasteiger partial charge in [-0.05, 0) is 30.7 Å². The maximum absolute atomic E-state index is 13.2. The zero-order chi connectivity index (χ0) is 14.9. The molecule has 1 aromatic heterocycles. The van der Waals surface area contributed by atoms with Crippen molar-refractivity contribution in [1.29, 1.82) is 0 Å². The zero-order valence-electron chi connectivity index (χ0n) is 10.5. The Bertz CT molecular complexity index is 607. The predicted molar refractivity (Wildman–Crippen MR) is 64.0 cm³/mol. The Balaban J connectivity index is 2.46. The maximum atomic E-state index is 13.2. The SMILES string of the molecule is Cc1cc(C(NN)c2ccc(F)c(C(F)(F)F)c2)co1. The molecule has 1 atom stereocenters. The molecule has 0 spiro atoms. The fourth-order valence-electron chi connectivity index (χ4n) is 1.94. The molecule has 0 saturated heterocycles. The molecule has 0 radical (unpaired) electrons. The summed E-state index contributed by atoms with van der Waals surface area (Å²) in [6.07, 6.45) is -3.37. The van der Waals surface area contributed by atoms with Crippen LogP contribution in [0.2, 0.25) is 0 Å². The molecule has 108 valence electrons. The molecule has 1 heterocycles. The van der Waals surface area contributed by atoms with Gasteiger partial charge in [0.1, 0.15) is 11.6 Å². The van der Waals surface area contributed by atoms with E-state index < -0.39 is 23.6 Å². The van der Waals surface area contributed by atoms with E-state index in [1.807, 2.05) is 0 Å². The second kappa shape index (κ2) is 5.26. The van der Waals surface area contributed by atoms with Crippen LogP contribution in [0.25, 0.3) is 0 Å². The number of rotatable bonds is 3. The van der Waals surface area contributed by atoms with Crippen molar-refractivity contribution in [2.45, 2.75) is 19.1 Å². The highest BCUT2D eigenvalue weighted by Gasteiger charge is 2.34. The molecule has 0 amide bonds. The van der Waals surface area contributed by atoms with E-state index >= 15 is 0 Å². The van der Waals surface area contributed by atoms with Crippen LogP contribution in [0, 0.1) is 12.7 Å². The minimum Gasteiger partial charge on any atom is -0.469 e. The zero-order valence-corrected chi connectivity index (χ0v) is 10.5. The molecule has 0 bridgehead atoms. The van der Waals surface area contributed by atoms with Crippen LogP contribution in [-0.2, 0) is 6.18 Å². The monoisotopic (exact) mass is 288 g/mol. The molecule has 1 unspecified atom stereocenters. The molecule has 1 aromatic carbocycles. The normalized spacial score (nSPS) is 13.5. The lowest BCUT2D eigenvalue weighted by molar-refractivity contribution is -0.140. The molecule has 3 nitrogen and oxygen atoms in total. The van der Waals surface area contributed by atoms with E-state index in [0.29, 0.717) is 11.3 Å². The summed E-state index contributed by atoms with van der Waals surface area (Å²) in [5.74, 6) is 4.65. The molecular formula is C13H12F4N2O. The number of nitrogens with one attached hydrogen (secondary N) is 1. The number of benzene rings is 1. The first-order valence-electron chi connectivity index (χ1n) is 5.70. The van der Waals surface area contributed by atoms with Gasteiger partial charge in [-0.3, -0.25) is 5.84 Å². The number of hydrogen-bond acceptors (Lipinski definition) is 3. The van der Waals surface area contributed by atoms with Crippen LogP contribution in [0.15, 0.2) is 34.9 Å². The first-order valence-corrected chi connectivity index (χ1v) is 5.70. The fourth-order valence-corrected chi connectivity index (χ4v) is 1.94. The molecule has 0 aliphatic heterocycles. The number of hydrazine groups is 1. The summed E-state index contributed by atoms with van der Waals surface area (Å²) < 4.78 is 56.4. The van der Waals surface area contributed by atoms with Crippen molar-refractivity contribution >= 4 is 0 Å². The maximum Gasteiger partial charge on any atom is 0.419 e. The van der Waals surface area contributed by atoms with Crippen LogP contribution in [0.1, 0.15) is 28.5 Å². The molecular weight excluding hydrogens is 276 g/mol. The van der Waals surface area contributed by atoms with Gasteiger partial charge in [0.15, 0.2) is 0 Å². The van der Waals surface area contributed by atoms with Crippen molar-refractivity contribution in [3.05, 3.63) is 58.8 Å². The van der Waals surface area contributed by atoms with E-state index in [1.165, 1.54) is 12.3 Å². The van der Waals surface area contributed by atoms with Gasteiger partial charge in [0, 0.05) is 5.56 Å². The minimum atomic E-state index is -4.76. The Labute approximate surface area is 112 Å². The highest BCUT2D eigenvalue weighted by Crippen LogP contribution is 2.34. The summed E-state index contributed by atoms with van der Waals surface area (Å²) >= 11 is 0. The van der Waals surface area contributed by atoms with E-state index in [4.69, 9.17) is 10.3 Å². The van der Waals surface area contributed by atoms with Crippen LogP contribution >= 0.6 is 0 Å². The van der Waals surface area contributed by atoms with Crippen molar-refractivity contribution in [2.24, 2.45) is 5.84 Å². The van der Waals surface area contributed by atoms with Gasteiger partial charge in [0.05, 0.1) is 17.9 Å². The molecule has 0 fully saturated rings. The van der Waals surface area contributed by atoms with Crippen LogP contribution < -0.4 is 11.3 Å². The van der Waals surface area contributed by atoms with Crippen molar-refractivity contribution in [3.63, 3.8) is 0 Å². The molecule has 0 aliphatic carbocycles. The van der Waals surface area contributed by atoms with Crippen LogP contribution in [-0.4, -0.2) is 0 Å². The van der Waals surface area contributed by atoms with E-state index in [2.05, 4.69) is 5.43 Å². The van der Waals surface area contributed by atoms with Gasteiger partial charge in [0.25, 0.3) is 0 Å². The summed E-state index contributed by atoms with van der Waals surface area (Å²) in [7, 11) is 0. The number of aryl methyl sites for hydroxylation is 1. The first kappa shape index (κ1) is 14.5. The topological polar surface area (TPSA) is 51.2 Å². The summed E-state index contributed by atoms with van der Waals surface area (Å²) in [5, 5.41) is 0. The predicted octanol–water partition coefficient (Wildman–Crippen LogP) is 3.30.